The van der Waals surface area contributed by atoms with Crippen LogP contribution in [0, 0.1) is 0 Å². The van der Waals surface area contributed by atoms with Crippen LogP contribution in [0.2, 0.25) is 5.02 Å². The summed E-state index contributed by atoms with van der Waals surface area (Å²) < 4.78 is 2.03. The van der Waals surface area contributed by atoms with E-state index in [1.165, 1.54) is 0 Å². The smallest absolute Gasteiger partial charge is 0.194 e. The number of anilines is 1. The maximum atomic E-state index is 6.05. The van der Waals surface area contributed by atoms with Crippen molar-refractivity contribution in [3.8, 4) is 0 Å². The Hall–Kier alpha value is -1.48. The number of hydrogen-bond acceptors (Lipinski definition) is 3. The zero-order valence-corrected chi connectivity index (χ0v) is 18.4. The first-order valence-electron chi connectivity index (χ1n) is 7.75. The van der Waals surface area contributed by atoms with Crippen molar-refractivity contribution in [3.05, 3.63) is 46.9 Å². The maximum absolute atomic E-state index is 6.05. The van der Waals surface area contributed by atoms with Crippen LogP contribution in [0.1, 0.15) is 11.3 Å². The van der Waals surface area contributed by atoms with Gasteiger partial charge < -0.3 is 19.7 Å². The van der Waals surface area contributed by atoms with Gasteiger partial charge >= 0.3 is 0 Å². The SMILES string of the molecule is CN=C(NCc1ccnc(N(C)C)c1)N(C)Cc1cc(Cl)cn1C.I. The molecule has 0 aliphatic carbocycles. The van der Waals surface area contributed by atoms with E-state index >= 15 is 0 Å². The van der Waals surface area contributed by atoms with E-state index in [2.05, 4.69) is 26.3 Å². The lowest BCUT2D eigenvalue weighted by Crippen LogP contribution is -2.38. The van der Waals surface area contributed by atoms with Gasteiger partial charge in [0.25, 0.3) is 0 Å². The molecule has 25 heavy (non-hydrogen) atoms. The van der Waals surface area contributed by atoms with E-state index in [-0.39, 0.29) is 24.0 Å². The van der Waals surface area contributed by atoms with Crippen LogP contribution < -0.4 is 10.2 Å². The van der Waals surface area contributed by atoms with Crippen LogP contribution in [0.25, 0.3) is 0 Å². The third kappa shape index (κ3) is 6.07. The van der Waals surface area contributed by atoms with Gasteiger partial charge in [0.1, 0.15) is 5.82 Å². The van der Waals surface area contributed by atoms with Crippen LogP contribution in [0.5, 0.6) is 0 Å². The summed E-state index contributed by atoms with van der Waals surface area (Å²) in [5.74, 6) is 1.77. The van der Waals surface area contributed by atoms with E-state index in [0.717, 1.165) is 34.6 Å². The van der Waals surface area contributed by atoms with Gasteiger partial charge in [0.05, 0.1) is 11.6 Å². The monoisotopic (exact) mass is 476 g/mol. The number of nitrogens with zero attached hydrogens (tertiary/aromatic N) is 5. The third-order valence-electron chi connectivity index (χ3n) is 3.77. The van der Waals surface area contributed by atoms with Crippen molar-refractivity contribution in [1.29, 1.82) is 0 Å². The summed E-state index contributed by atoms with van der Waals surface area (Å²) in [6.45, 7) is 1.41. The van der Waals surface area contributed by atoms with Crippen molar-refractivity contribution in [2.75, 3.05) is 33.1 Å². The molecule has 0 unspecified atom stereocenters. The molecular formula is C17H26ClIN6. The highest BCUT2D eigenvalue weighted by Gasteiger charge is 2.10. The van der Waals surface area contributed by atoms with Gasteiger partial charge in [0.2, 0.25) is 0 Å². The predicted octanol–water partition coefficient (Wildman–Crippen LogP) is 2.96. The zero-order chi connectivity index (χ0) is 17.7. The maximum Gasteiger partial charge on any atom is 0.194 e. The summed E-state index contributed by atoms with van der Waals surface area (Å²) >= 11 is 6.05. The number of aliphatic imine (C=N–C) groups is 1. The number of aryl methyl sites for hydroxylation is 1. The number of guanidine groups is 1. The molecule has 0 amide bonds. The molecule has 0 aromatic carbocycles. The highest BCUT2D eigenvalue weighted by Crippen LogP contribution is 2.14. The van der Waals surface area contributed by atoms with Gasteiger partial charge in [-0.05, 0) is 23.8 Å². The molecule has 0 aliphatic rings. The Labute approximate surface area is 171 Å². The first-order chi connectivity index (χ1) is 11.4. The van der Waals surface area contributed by atoms with Gasteiger partial charge in [-0.1, -0.05) is 11.6 Å². The molecule has 6 nitrogen and oxygen atoms in total. The molecule has 0 fully saturated rings. The highest BCUT2D eigenvalue weighted by atomic mass is 127. The van der Waals surface area contributed by atoms with Crippen molar-refractivity contribution in [2.24, 2.45) is 12.0 Å². The predicted molar refractivity (Wildman–Crippen MR) is 116 cm³/mol. The first-order valence-corrected chi connectivity index (χ1v) is 8.13. The summed E-state index contributed by atoms with van der Waals surface area (Å²) in [5, 5.41) is 4.13. The summed E-state index contributed by atoms with van der Waals surface area (Å²) in [7, 11) is 9.75. The van der Waals surface area contributed by atoms with Crippen LogP contribution in [0.4, 0.5) is 5.82 Å². The third-order valence-corrected chi connectivity index (χ3v) is 3.97. The number of hydrogen-bond donors (Lipinski definition) is 1. The Morgan fingerprint density at radius 2 is 2.04 bits per heavy atom. The Morgan fingerprint density at radius 1 is 1.32 bits per heavy atom. The topological polar surface area (TPSA) is 48.7 Å². The summed E-state index contributed by atoms with van der Waals surface area (Å²) in [6, 6.07) is 6.04. The molecule has 2 aromatic heterocycles. The Bertz CT molecular complexity index is 713. The second-order valence-corrected chi connectivity index (χ2v) is 6.37. The van der Waals surface area contributed by atoms with E-state index in [1.807, 2.05) is 62.2 Å². The fourth-order valence-electron chi connectivity index (χ4n) is 2.42. The van der Waals surface area contributed by atoms with Crippen LogP contribution >= 0.6 is 35.6 Å². The minimum Gasteiger partial charge on any atom is -0.363 e. The lowest BCUT2D eigenvalue weighted by molar-refractivity contribution is 0.461. The van der Waals surface area contributed by atoms with Crippen LogP contribution in [0.15, 0.2) is 35.6 Å². The summed E-state index contributed by atoms with van der Waals surface area (Å²) in [4.78, 5) is 12.7. The van der Waals surface area contributed by atoms with Crippen LogP contribution in [-0.2, 0) is 20.1 Å². The molecule has 2 aromatic rings. The second kappa shape index (κ2) is 9.86. The highest BCUT2D eigenvalue weighted by molar-refractivity contribution is 14.0. The standard InChI is InChI=1S/C17H25ClN6.HI/c1-19-17(24(5)12-15-9-14(18)11-23(15)4)21-10-13-6-7-20-16(8-13)22(2)3;/h6-9,11H,10,12H2,1-5H3,(H,19,21);1H. The van der Waals surface area contributed by atoms with Gasteiger partial charge in [-0.2, -0.15) is 0 Å². The molecule has 0 aliphatic heterocycles. The number of rotatable bonds is 5. The van der Waals surface area contributed by atoms with Crippen molar-refractivity contribution in [2.45, 2.75) is 13.1 Å². The molecule has 0 saturated heterocycles. The number of nitrogens with one attached hydrogen (secondary N) is 1. The molecule has 0 radical (unpaired) electrons. The van der Waals surface area contributed by atoms with Gasteiger partial charge in [-0.15, -0.1) is 24.0 Å². The average molecular weight is 477 g/mol. The molecule has 0 saturated carbocycles. The fraction of sp³-hybridized carbons (Fsp3) is 0.412. The van der Waals surface area contributed by atoms with Crippen molar-refractivity contribution in [1.82, 2.24) is 19.8 Å². The van der Waals surface area contributed by atoms with Gasteiger partial charge in [0.15, 0.2) is 5.96 Å². The molecule has 0 spiro atoms. The van der Waals surface area contributed by atoms with Crippen molar-refractivity contribution < 1.29 is 0 Å². The van der Waals surface area contributed by atoms with Crippen molar-refractivity contribution in [3.63, 3.8) is 0 Å². The lowest BCUT2D eigenvalue weighted by Gasteiger charge is -2.22. The van der Waals surface area contributed by atoms with Gasteiger partial charge in [-0.25, -0.2) is 4.98 Å². The number of aromatic nitrogens is 2. The molecule has 2 heterocycles. The Kier molecular flexibility index (Phi) is 8.51. The van der Waals surface area contributed by atoms with E-state index in [0.29, 0.717) is 6.54 Å². The molecule has 2 rings (SSSR count). The fourth-order valence-corrected chi connectivity index (χ4v) is 2.69. The van der Waals surface area contributed by atoms with Gasteiger partial charge in [-0.3, -0.25) is 4.99 Å². The molecule has 138 valence electrons. The lowest BCUT2D eigenvalue weighted by atomic mass is 10.2. The van der Waals surface area contributed by atoms with E-state index < -0.39 is 0 Å². The largest absolute Gasteiger partial charge is 0.363 e. The minimum absolute atomic E-state index is 0. The average Bonchev–Trinajstić information content (AvgIpc) is 2.85. The van der Waals surface area contributed by atoms with E-state index in [1.54, 1.807) is 7.05 Å². The number of halogens is 2. The Morgan fingerprint density at radius 3 is 2.60 bits per heavy atom. The number of pyridine rings is 1. The molecule has 0 atom stereocenters. The zero-order valence-electron chi connectivity index (χ0n) is 15.3. The van der Waals surface area contributed by atoms with Gasteiger partial charge in [0, 0.05) is 59.9 Å². The van der Waals surface area contributed by atoms with Crippen molar-refractivity contribution >= 4 is 47.4 Å². The molecule has 8 heteroatoms. The first kappa shape index (κ1) is 21.6. The normalized spacial score (nSPS) is 11.0. The van der Waals surface area contributed by atoms with E-state index in [4.69, 9.17) is 11.6 Å². The van der Waals surface area contributed by atoms with Crippen LogP contribution in [-0.4, -0.2) is 48.6 Å². The summed E-state index contributed by atoms with van der Waals surface area (Å²) in [5.41, 5.74) is 2.29. The molecule has 1 N–H and O–H groups in total. The van der Waals surface area contributed by atoms with E-state index in [9.17, 15) is 0 Å². The summed E-state index contributed by atoms with van der Waals surface area (Å²) in [6.07, 6.45) is 3.73. The minimum atomic E-state index is 0. The second-order valence-electron chi connectivity index (χ2n) is 5.93. The molecular weight excluding hydrogens is 451 g/mol. The molecule has 0 bridgehead atoms. The Balaban J connectivity index is 0.00000312. The van der Waals surface area contributed by atoms with Crippen LogP contribution in [0.3, 0.4) is 0 Å². The quantitative estimate of drug-likeness (QED) is 0.409.